The minimum Gasteiger partial charge on any atom is -0.504 e. The highest BCUT2D eigenvalue weighted by molar-refractivity contribution is 7.18. The Hall–Kier alpha value is -4.10. The van der Waals surface area contributed by atoms with Crippen molar-refractivity contribution in [1.29, 1.82) is 0 Å². The molecule has 7 heteroatoms. The zero-order chi connectivity index (χ0) is 24.4. The van der Waals surface area contributed by atoms with Crippen LogP contribution in [0.25, 0.3) is 32.3 Å². The van der Waals surface area contributed by atoms with Gasteiger partial charge in [-0.25, -0.2) is 9.37 Å². The van der Waals surface area contributed by atoms with Crippen LogP contribution >= 0.6 is 11.3 Å². The van der Waals surface area contributed by atoms with Crippen LogP contribution in [-0.2, 0) is 13.0 Å². The molecule has 5 nitrogen and oxygen atoms in total. The zero-order valence-corrected chi connectivity index (χ0v) is 19.8. The van der Waals surface area contributed by atoms with Gasteiger partial charge in [0.15, 0.2) is 11.6 Å². The number of aromatic nitrogens is 3. The van der Waals surface area contributed by atoms with Crippen molar-refractivity contribution < 1.29 is 9.50 Å². The van der Waals surface area contributed by atoms with Gasteiger partial charge in [0.25, 0.3) is 5.56 Å². The molecular weight excluding hydrogens is 461 g/mol. The molecular formula is C28H22FN3O2S. The van der Waals surface area contributed by atoms with Gasteiger partial charge in [-0.05, 0) is 60.9 Å². The predicted molar refractivity (Wildman–Crippen MR) is 137 cm³/mol. The molecule has 0 spiro atoms. The molecule has 174 valence electrons. The van der Waals surface area contributed by atoms with Gasteiger partial charge in [0.2, 0.25) is 0 Å². The first-order chi connectivity index (χ1) is 17.0. The van der Waals surface area contributed by atoms with Crippen molar-refractivity contribution in [3.05, 3.63) is 113 Å². The van der Waals surface area contributed by atoms with E-state index < -0.39 is 11.6 Å². The zero-order valence-electron chi connectivity index (χ0n) is 19.0. The van der Waals surface area contributed by atoms with Gasteiger partial charge in [0, 0.05) is 28.7 Å². The monoisotopic (exact) mass is 483 g/mol. The lowest BCUT2D eigenvalue weighted by atomic mass is 10.1. The summed E-state index contributed by atoms with van der Waals surface area (Å²) >= 11 is 1.51. The molecule has 0 saturated heterocycles. The van der Waals surface area contributed by atoms with Gasteiger partial charge < -0.3 is 5.11 Å². The normalized spacial score (nSPS) is 11.0. The average Bonchev–Trinajstić information content (AvgIpc) is 3.36. The van der Waals surface area contributed by atoms with Crippen molar-refractivity contribution in [2.24, 2.45) is 0 Å². The van der Waals surface area contributed by atoms with Crippen LogP contribution in [0.3, 0.4) is 0 Å². The van der Waals surface area contributed by atoms with Gasteiger partial charge in [0.05, 0.1) is 16.8 Å². The van der Waals surface area contributed by atoms with E-state index in [9.17, 15) is 14.3 Å². The van der Waals surface area contributed by atoms with E-state index in [-0.39, 0.29) is 16.9 Å². The lowest BCUT2D eigenvalue weighted by molar-refractivity contribution is 0.433. The molecule has 0 bridgehead atoms. The summed E-state index contributed by atoms with van der Waals surface area (Å²) in [4.78, 5) is 24.5. The van der Waals surface area contributed by atoms with Crippen molar-refractivity contribution in [3.8, 4) is 38.0 Å². The molecule has 5 aromatic rings. The van der Waals surface area contributed by atoms with Crippen LogP contribution in [0.15, 0.2) is 90.0 Å². The Kier molecular flexibility index (Phi) is 6.25. The summed E-state index contributed by atoms with van der Waals surface area (Å²) in [5.41, 5.74) is 3.07. The summed E-state index contributed by atoms with van der Waals surface area (Å²) in [5, 5.41) is 10.4. The second kappa shape index (κ2) is 9.64. The van der Waals surface area contributed by atoms with Crippen LogP contribution < -0.4 is 5.56 Å². The van der Waals surface area contributed by atoms with Crippen molar-refractivity contribution >= 4 is 11.3 Å². The number of pyridine rings is 1. The minimum absolute atomic E-state index is 0.188. The third-order valence-electron chi connectivity index (χ3n) is 5.86. The van der Waals surface area contributed by atoms with E-state index in [0.717, 1.165) is 20.9 Å². The van der Waals surface area contributed by atoms with Crippen molar-refractivity contribution in [3.63, 3.8) is 0 Å². The highest BCUT2D eigenvalue weighted by Gasteiger charge is 2.21. The molecule has 0 aliphatic rings. The number of para-hydroxylation sites is 1. The Bertz CT molecular complexity index is 1550. The molecule has 0 fully saturated rings. The lowest BCUT2D eigenvalue weighted by Gasteiger charge is -2.16. The minimum atomic E-state index is -0.756. The van der Waals surface area contributed by atoms with Gasteiger partial charge in [0.1, 0.15) is 5.82 Å². The largest absolute Gasteiger partial charge is 0.504 e. The Morgan fingerprint density at radius 3 is 2.46 bits per heavy atom. The number of nitrogens with zero attached hydrogens (tertiary/aromatic N) is 3. The van der Waals surface area contributed by atoms with Gasteiger partial charge in [-0.15, -0.1) is 11.3 Å². The quantitative estimate of drug-likeness (QED) is 0.317. The summed E-state index contributed by atoms with van der Waals surface area (Å²) in [6, 6.07) is 21.8. The summed E-state index contributed by atoms with van der Waals surface area (Å²) in [6.07, 6.45) is 4.05. The number of aromatic hydroxyl groups is 1. The highest BCUT2D eigenvalue weighted by atomic mass is 32.1. The second-order valence-corrected chi connectivity index (χ2v) is 9.21. The van der Waals surface area contributed by atoms with Crippen molar-refractivity contribution in [2.45, 2.75) is 19.9 Å². The second-order valence-electron chi connectivity index (χ2n) is 8.12. The Labute approximate surface area is 205 Å². The van der Waals surface area contributed by atoms with E-state index in [0.29, 0.717) is 24.2 Å². The maximum absolute atomic E-state index is 14.2. The van der Waals surface area contributed by atoms with E-state index in [2.05, 4.69) is 4.98 Å². The van der Waals surface area contributed by atoms with E-state index in [1.165, 1.54) is 28.0 Å². The first kappa shape index (κ1) is 22.7. The van der Waals surface area contributed by atoms with E-state index in [1.807, 2.05) is 54.6 Å². The topological polar surface area (TPSA) is 68.0 Å². The number of aryl methyl sites for hydroxylation is 2. The molecule has 35 heavy (non-hydrogen) atoms. The predicted octanol–water partition coefficient (Wildman–Crippen LogP) is 6.10. The number of phenolic OH excluding ortho intramolecular Hbond substituents is 1. The van der Waals surface area contributed by atoms with Gasteiger partial charge in [-0.3, -0.25) is 14.3 Å². The lowest BCUT2D eigenvalue weighted by Crippen LogP contribution is -2.27. The van der Waals surface area contributed by atoms with E-state index in [4.69, 9.17) is 4.98 Å². The number of phenols is 1. The number of hydrogen-bond donors (Lipinski definition) is 1. The maximum atomic E-state index is 14.2. The fraction of sp³-hybridized carbons (Fsp3) is 0.107. The summed E-state index contributed by atoms with van der Waals surface area (Å²) in [6.45, 7) is 2.10. The SMILES string of the molecule is Cc1nc(-c2cccc(F)c2O)n(CCc2ccccc2)c(=O)c1-c1ccc(-c2ccncc2)s1. The molecule has 0 saturated carbocycles. The van der Waals surface area contributed by atoms with Crippen LogP contribution in [-0.4, -0.2) is 19.6 Å². The van der Waals surface area contributed by atoms with Crippen LogP contribution in [0.1, 0.15) is 11.3 Å². The highest BCUT2D eigenvalue weighted by Crippen LogP contribution is 2.35. The van der Waals surface area contributed by atoms with Crippen molar-refractivity contribution in [1.82, 2.24) is 14.5 Å². The molecule has 0 aliphatic carbocycles. The molecule has 3 aromatic heterocycles. The summed E-state index contributed by atoms with van der Waals surface area (Å²) in [5.74, 6) is -1.03. The number of hydrogen-bond acceptors (Lipinski definition) is 5. The molecule has 1 N–H and O–H groups in total. The summed E-state index contributed by atoms with van der Waals surface area (Å²) in [7, 11) is 0. The molecule has 5 rings (SSSR count). The third kappa shape index (κ3) is 4.50. The van der Waals surface area contributed by atoms with E-state index >= 15 is 0 Å². The fourth-order valence-electron chi connectivity index (χ4n) is 4.08. The molecule has 0 amide bonds. The first-order valence-corrected chi connectivity index (χ1v) is 12.0. The van der Waals surface area contributed by atoms with Gasteiger partial charge in [-0.2, -0.15) is 0 Å². The van der Waals surface area contributed by atoms with Crippen molar-refractivity contribution in [2.75, 3.05) is 0 Å². The van der Waals surface area contributed by atoms with Crippen LogP contribution in [0.2, 0.25) is 0 Å². The standard InChI is InChI=1S/C28H22FN3O2S/c1-18-25(24-11-10-23(35-24)20-12-15-30-16-13-20)28(34)32(17-14-19-6-3-2-4-7-19)27(31-18)21-8-5-9-22(29)26(21)33/h2-13,15-16,33H,14,17H2,1H3. The number of halogens is 1. The maximum Gasteiger partial charge on any atom is 0.262 e. The third-order valence-corrected chi connectivity index (χ3v) is 7.01. The Morgan fingerprint density at radius 2 is 1.69 bits per heavy atom. The number of rotatable bonds is 6. The van der Waals surface area contributed by atoms with Gasteiger partial charge in [-0.1, -0.05) is 36.4 Å². The Morgan fingerprint density at radius 1 is 0.943 bits per heavy atom. The number of thiophene rings is 1. The fourth-order valence-corrected chi connectivity index (χ4v) is 5.18. The van der Waals surface area contributed by atoms with E-state index in [1.54, 1.807) is 25.4 Å². The molecule has 0 radical (unpaired) electrons. The molecule has 2 aromatic carbocycles. The van der Waals surface area contributed by atoms with Crippen LogP contribution in [0, 0.1) is 12.7 Å². The van der Waals surface area contributed by atoms with Crippen LogP contribution in [0.5, 0.6) is 5.75 Å². The molecule has 0 aliphatic heterocycles. The molecule has 3 heterocycles. The summed E-state index contributed by atoms with van der Waals surface area (Å²) < 4.78 is 15.7. The number of benzene rings is 2. The van der Waals surface area contributed by atoms with Crippen LogP contribution in [0.4, 0.5) is 4.39 Å². The smallest absolute Gasteiger partial charge is 0.262 e. The van der Waals surface area contributed by atoms with Gasteiger partial charge >= 0.3 is 0 Å². The Balaban J connectivity index is 1.65. The first-order valence-electron chi connectivity index (χ1n) is 11.2. The average molecular weight is 484 g/mol. The molecule has 0 unspecified atom stereocenters. The molecule has 0 atom stereocenters.